The second-order valence-electron chi connectivity index (χ2n) is 5.61. The summed E-state index contributed by atoms with van der Waals surface area (Å²) in [5.74, 6) is 0.796. The minimum atomic E-state index is -0.684. The molecular formula is C16H22BrNO3. The van der Waals surface area contributed by atoms with Crippen LogP contribution in [0.5, 0.6) is 5.75 Å². The molecule has 116 valence electrons. The second-order valence-corrected chi connectivity index (χ2v) is 6.52. The average molecular weight is 356 g/mol. The predicted molar refractivity (Wildman–Crippen MR) is 85.6 cm³/mol. The number of carbonyl (C=O) groups is 1. The van der Waals surface area contributed by atoms with E-state index in [9.17, 15) is 4.79 Å². The van der Waals surface area contributed by atoms with Gasteiger partial charge in [0.2, 0.25) is 0 Å². The van der Waals surface area contributed by atoms with Crippen molar-refractivity contribution in [3.8, 4) is 5.75 Å². The van der Waals surface area contributed by atoms with Crippen LogP contribution in [0, 0.1) is 5.92 Å². The molecule has 0 bridgehead atoms. The van der Waals surface area contributed by atoms with Gasteiger partial charge in [-0.1, -0.05) is 15.9 Å². The van der Waals surface area contributed by atoms with Crippen molar-refractivity contribution in [2.45, 2.75) is 32.2 Å². The Balaban J connectivity index is 1.86. The summed E-state index contributed by atoms with van der Waals surface area (Å²) in [6, 6.07) is 6.08. The first-order valence-electron chi connectivity index (χ1n) is 7.35. The molecule has 0 amide bonds. The maximum absolute atomic E-state index is 10.6. The van der Waals surface area contributed by atoms with Gasteiger partial charge in [0.15, 0.2) is 0 Å². The number of carboxylic acid groups (broad SMARTS) is 1. The van der Waals surface area contributed by atoms with Crippen LogP contribution in [0.3, 0.4) is 0 Å². The molecule has 2 rings (SSSR count). The predicted octanol–water partition coefficient (Wildman–Crippen LogP) is 3.53. The van der Waals surface area contributed by atoms with E-state index in [0.29, 0.717) is 12.3 Å². The summed E-state index contributed by atoms with van der Waals surface area (Å²) < 4.78 is 6.48. The number of halogens is 1. The number of carboxylic acids is 1. The fourth-order valence-corrected chi connectivity index (χ4v) is 3.28. The highest BCUT2D eigenvalue weighted by Gasteiger charge is 2.20. The number of likely N-dealkylation sites (tertiary alicyclic amines) is 1. The lowest BCUT2D eigenvalue weighted by molar-refractivity contribution is -0.137. The van der Waals surface area contributed by atoms with Crippen molar-refractivity contribution in [1.29, 1.82) is 0 Å². The molecule has 1 heterocycles. The van der Waals surface area contributed by atoms with Crippen molar-refractivity contribution >= 4 is 21.9 Å². The summed E-state index contributed by atoms with van der Waals surface area (Å²) >= 11 is 3.50. The first-order valence-corrected chi connectivity index (χ1v) is 8.14. The molecule has 1 aliphatic rings. The lowest BCUT2D eigenvalue weighted by atomic mass is 9.92. The largest absolute Gasteiger partial charge is 0.496 e. The summed E-state index contributed by atoms with van der Waals surface area (Å²) in [5.41, 5.74) is 1.19. The molecular weight excluding hydrogens is 334 g/mol. The van der Waals surface area contributed by atoms with Crippen LogP contribution >= 0.6 is 15.9 Å². The molecule has 0 unspecified atom stereocenters. The fraction of sp³-hybridized carbons (Fsp3) is 0.562. The Morgan fingerprint density at radius 3 is 2.76 bits per heavy atom. The molecule has 0 saturated carbocycles. The zero-order valence-corrected chi connectivity index (χ0v) is 13.9. The molecule has 0 aliphatic carbocycles. The van der Waals surface area contributed by atoms with Crippen LogP contribution in [-0.4, -0.2) is 36.2 Å². The summed E-state index contributed by atoms with van der Waals surface area (Å²) in [6.45, 7) is 2.94. The summed E-state index contributed by atoms with van der Waals surface area (Å²) in [6.07, 6.45) is 3.28. The molecule has 1 aliphatic heterocycles. The van der Waals surface area contributed by atoms with Crippen molar-refractivity contribution in [1.82, 2.24) is 4.90 Å². The number of nitrogens with zero attached hydrogens (tertiary/aromatic N) is 1. The highest BCUT2D eigenvalue weighted by molar-refractivity contribution is 9.10. The van der Waals surface area contributed by atoms with Gasteiger partial charge in [0.05, 0.1) is 7.11 Å². The Labute approximate surface area is 134 Å². The molecule has 1 saturated heterocycles. The van der Waals surface area contributed by atoms with E-state index >= 15 is 0 Å². The van der Waals surface area contributed by atoms with E-state index in [1.807, 2.05) is 12.1 Å². The van der Waals surface area contributed by atoms with Gasteiger partial charge in [0.25, 0.3) is 0 Å². The van der Waals surface area contributed by atoms with Crippen molar-refractivity contribution in [2.75, 3.05) is 20.2 Å². The molecule has 4 nitrogen and oxygen atoms in total. The van der Waals surface area contributed by atoms with Crippen LogP contribution in [0.1, 0.15) is 31.2 Å². The lowest BCUT2D eigenvalue weighted by Gasteiger charge is -2.32. The summed E-state index contributed by atoms with van der Waals surface area (Å²) in [5, 5.41) is 8.75. The summed E-state index contributed by atoms with van der Waals surface area (Å²) in [7, 11) is 1.70. The smallest absolute Gasteiger partial charge is 0.303 e. The highest BCUT2D eigenvalue weighted by atomic mass is 79.9. The topological polar surface area (TPSA) is 49.8 Å². The van der Waals surface area contributed by atoms with E-state index in [0.717, 1.165) is 49.1 Å². The van der Waals surface area contributed by atoms with Crippen LogP contribution in [0.4, 0.5) is 0 Å². The van der Waals surface area contributed by atoms with Crippen LogP contribution in [0.25, 0.3) is 0 Å². The van der Waals surface area contributed by atoms with Crippen molar-refractivity contribution in [3.05, 3.63) is 28.2 Å². The van der Waals surface area contributed by atoms with Gasteiger partial charge in [0.1, 0.15) is 5.75 Å². The molecule has 0 aromatic heterocycles. The maximum Gasteiger partial charge on any atom is 0.303 e. The third kappa shape index (κ3) is 5.00. The minimum Gasteiger partial charge on any atom is -0.496 e. The zero-order chi connectivity index (χ0) is 15.2. The molecule has 1 fully saturated rings. The van der Waals surface area contributed by atoms with Gasteiger partial charge in [-0.15, -0.1) is 0 Å². The van der Waals surface area contributed by atoms with Crippen LogP contribution in [-0.2, 0) is 11.3 Å². The number of hydrogen-bond acceptors (Lipinski definition) is 3. The number of methoxy groups -OCH3 is 1. The molecule has 5 heteroatoms. The van der Waals surface area contributed by atoms with Crippen molar-refractivity contribution in [3.63, 3.8) is 0 Å². The Morgan fingerprint density at radius 1 is 1.43 bits per heavy atom. The molecule has 1 aromatic rings. The van der Waals surface area contributed by atoms with Gasteiger partial charge in [-0.05, 0) is 56.5 Å². The van der Waals surface area contributed by atoms with Gasteiger partial charge in [-0.3, -0.25) is 9.69 Å². The normalized spacial score (nSPS) is 16.9. The number of ether oxygens (including phenoxy) is 1. The van der Waals surface area contributed by atoms with E-state index in [4.69, 9.17) is 9.84 Å². The number of aliphatic carboxylic acids is 1. The Hall–Kier alpha value is -1.07. The summed E-state index contributed by atoms with van der Waals surface area (Å²) in [4.78, 5) is 13.0. The second kappa shape index (κ2) is 7.80. The highest BCUT2D eigenvalue weighted by Crippen LogP contribution is 2.27. The van der Waals surface area contributed by atoms with Crippen LogP contribution < -0.4 is 4.74 Å². The number of hydrogen-bond donors (Lipinski definition) is 1. The first kappa shape index (κ1) is 16.3. The zero-order valence-electron chi connectivity index (χ0n) is 12.3. The maximum atomic E-state index is 10.6. The minimum absolute atomic E-state index is 0.296. The molecule has 0 radical (unpaired) electrons. The Bertz CT molecular complexity index is 484. The van der Waals surface area contributed by atoms with E-state index in [-0.39, 0.29) is 0 Å². The van der Waals surface area contributed by atoms with Gasteiger partial charge in [0, 0.05) is 23.0 Å². The van der Waals surface area contributed by atoms with Crippen molar-refractivity contribution in [2.24, 2.45) is 5.92 Å². The van der Waals surface area contributed by atoms with E-state index in [1.165, 1.54) is 5.56 Å². The van der Waals surface area contributed by atoms with Gasteiger partial charge in [-0.2, -0.15) is 0 Å². The van der Waals surface area contributed by atoms with E-state index < -0.39 is 5.97 Å². The molecule has 21 heavy (non-hydrogen) atoms. The van der Waals surface area contributed by atoms with Crippen molar-refractivity contribution < 1.29 is 14.6 Å². The third-order valence-electron chi connectivity index (χ3n) is 4.11. The van der Waals surface area contributed by atoms with Gasteiger partial charge < -0.3 is 9.84 Å². The Morgan fingerprint density at radius 2 is 2.14 bits per heavy atom. The Kier molecular flexibility index (Phi) is 6.06. The number of rotatable bonds is 6. The monoisotopic (exact) mass is 355 g/mol. The number of piperidine rings is 1. The number of benzene rings is 1. The molecule has 0 atom stereocenters. The van der Waals surface area contributed by atoms with E-state index in [2.05, 4.69) is 26.9 Å². The first-order chi connectivity index (χ1) is 10.1. The van der Waals surface area contributed by atoms with Crippen LogP contribution in [0.15, 0.2) is 22.7 Å². The SMILES string of the molecule is COc1ccc(Br)cc1CN1CCC(CCC(=O)O)CC1. The molecule has 1 aromatic carbocycles. The van der Waals surface area contributed by atoms with Gasteiger partial charge >= 0.3 is 5.97 Å². The standard InChI is InChI=1S/C16H22BrNO3/c1-21-15-4-3-14(17)10-13(15)11-18-8-6-12(7-9-18)2-5-16(19)20/h3-4,10,12H,2,5-9,11H2,1H3,(H,19,20). The third-order valence-corrected chi connectivity index (χ3v) is 4.60. The van der Waals surface area contributed by atoms with E-state index in [1.54, 1.807) is 7.11 Å². The van der Waals surface area contributed by atoms with Gasteiger partial charge in [-0.25, -0.2) is 0 Å². The lowest BCUT2D eigenvalue weighted by Crippen LogP contribution is -2.33. The fourth-order valence-electron chi connectivity index (χ4n) is 2.87. The average Bonchev–Trinajstić information content (AvgIpc) is 2.47. The molecule has 1 N–H and O–H groups in total. The quantitative estimate of drug-likeness (QED) is 0.847. The van der Waals surface area contributed by atoms with Crippen LogP contribution in [0.2, 0.25) is 0 Å². The molecule has 0 spiro atoms.